The van der Waals surface area contributed by atoms with Crippen molar-refractivity contribution in [3.8, 4) is 0 Å². The maximum atomic E-state index is 11.1. The first-order valence-electron chi connectivity index (χ1n) is 6.15. The highest BCUT2D eigenvalue weighted by Gasteiger charge is 2.24. The Morgan fingerprint density at radius 1 is 1.39 bits per heavy atom. The molecule has 0 radical (unpaired) electrons. The van der Waals surface area contributed by atoms with Crippen LogP contribution in [0.4, 0.5) is 11.4 Å². The molecule has 0 unspecified atom stereocenters. The van der Waals surface area contributed by atoms with Gasteiger partial charge in [0.25, 0.3) is 5.69 Å². The fourth-order valence-electron chi connectivity index (χ4n) is 2.35. The summed E-state index contributed by atoms with van der Waals surface area (Å²) in [5, 5.41) is 11.1. The van der Waals surface area contributed by atoms with Crippen LogP contribution < -0.4 is 4.90 Å². The van der Waals surface area contributed by atoms with Crippen molar-refractivity contribution in [2.24, 2.45) is 0 Å². The molecule has 98 valence electrons. The Morgan fingerprint density at radius 2 is 2.06 bits per heavy atom. The van der Waals surface area contributed by atoms with Crippen molar-refractivity contribution < 1.29 is 9.66 Å². The van der Waals surface area contributed by atoms with Gasteiger partial charge in [-0.2, -0.15) is 0 Å². The minimum absolute atomic E-state index is 0.184. The lowest BCUT2D eigenvalue weighted by Gasteiger charge is -2.32. The van der Waals surface area contributed by atoms with Crippen molar-refractivity contribution in [1.82, 2.24) is 0 Å². The number of nitrogens with zero attached hydrogens (tertiary/aromatic N) is 2. The molecule has 2 rings (SSSR count). The molecule has 5 nitrogen and oxygen atoms in total. The molecule has 1 aromatic rings. The molecule has 0 N–H and O–H groups in total. The Labute approximate surface area is 107 Å². The molecule has 0 amide bonds. The van der Waals surface area contributed by atoms with Gasteiger partial charge < -0.3 is 9.64 Å². The molecule has 1 aliphatic heterocycles. The number of nitro benzene ring substituents is 1. The molecule has 1 heterocycles. The quantitative estimate of drug-likeness (QED) is 0.611. The fraction of sp³-hybridized carbons (Fsp3) is 0.538. The van der Waals surface area contributed by atoms with E-state index >= 15 is 0 Å². The summed E-state index contributed by atoms with van der Waals surface area (Å²) in [7, 11) is 1.92. The zero-order chi connectivity index (χ0) is 13.1. The standard InChI is InChI=1S/C13H18N2O3/c1-10-3-4-12(13(9-10)15(16)17)14(2)11-5-7-18-8-6-11/h3-4,9,11H,5-8H2,1-2H3. The van der Waals surface area contributed by atoms with Crippen LogP contribution in [0.3, 0.4) is 0 Å². The maximum absolute atomic E-state index is 11.1. The van der Waals surface area contributed by atoms with E-state index in [2.05, 4.69) is 0 Å². The third-order valence-corrected chi connectivity index (χ3v) is 3.45. The van der Waals surface area contributed by atoms with E-state index in [1.165, 1.54) is 0 Å². The van der Waals surface area contributed by atoms with Crippen molar-refractivity contribution in [3.05, 3.63) is 33.9 Å². The molecule has 0 aliphatic carbocycles. The number of nitro groups is 1. The number of hydrogen-bond acceptors (Lipinski definition) is 4. The first kappa shape index (κ1) is 12.8. The van der Waals surface area contributed by atoms with Crippen LogP contribution in [-0.2, 0) is 4.74 Å². The molecule has 1 aliphatic rings. The average molecular weight is 250 g/mol. The molecule has 0 saturated carbocycles. The van der Waals surface area contributed by atoms with Crippen LogP contribution >= 0.6 is 0 Å². The predicted octanol–water partition coefficient (Wildman–Crippen LogP) is 2.52. The highest BCUT2D eigenvalue weighted by atomic mass is 16.6. The number of aryl methyl sites for hydroxylation is 1. The van der Waals surface area contributed by atoms with Gasteiger partial charge in [0.2, 0.25) is 0 Å². The van der Waals surface area contributed by atoms with Crippen LogP contribution in [0.1, 0.15) is 18.4 Å². The van der Waals surface area contributed by atoms with Gasteiger partial charge >= 0.3 is 0 Å². The van der Waals surface area contributed by atoms with Crippen molar-refractivity contribution >= 4 is 11.4 Å². The van der Waals surface area contributed by atoms with Gasteiger partial charge in [-0.15, -0.1) is 0 Å². The van der Waals surface area contributed by atoms with E-state index in [1.807, 2.05) is 31.0 Å². The Balaban J connectivity index is 2.28. The van der Waals surface area contributed by atoms with Crippen LogP contribution in [0.2, 0.25) is 0 Å². The Morgan fingerprint density at radius 3 is 2.67 bits per heavy atom. The molecular weight excluding hydrogens is 232 g/mol. The number of hydrogen-bond donors (Lipinski definition) is 0. The third kappa shape index (κ3) is 2.61. The highest BCUT2D eigenvalue weighted by molar-refractivity contribution is 5.64. The van der Waals surface area contributed by atoms with Crippen LogP contribution in [0.5, 0.6) is 0 Å². The summed E-state index contributed by atoms with van der Waals surface area (Å²) in [4.78, 5) is 12.8. The summed E-state index contributed by atoms with van der Waals surface area (Å²) in [6.45, 7) is 3.33. The van der Waals surface area contributed by atoms with Crippen molar-refractivity contribution in [2.75, 3.05) is 25.2 Å². The first-order chi connectivity index (χ1) is 8.59. The van der Waals surface area contributed by atoms with E-state index in [1.54, 1.807) is 6.07 Å². The molecule has 0 bridgehead atoms. The van der Waals surface area contributed by atoms with Crippen molar-refractivity contribution in [1.29, 1.82) is 0 Å². The van der Waals surface area contributed by atoms with Crippen LogP contribution in [0, 0.1) is 17.0 Å². The van der Waals surface area contributed by atoms with Crippen molar-refractivity contribution in [3.63, 3.8) is 0 Å². The summed E-state index contributed by atoms with van der Waals surface area (Å²) >= 11 is 0. The molecule has 0 spiro atoms. The molecule has 1 aromatic carbocycles. The highest BCUT2D eigenvalue weighted by Crippen LogP contribution is 2.31. The minimum Gasteiger partial charge on any atom is -0.381 e. The molecule has 1 saturated heterocycles. The molecule has 0 atom stereocenters. The maximum Gasteiger partial charge on any atom is 0.292 e. The fourth-order valence-corrected chi connectivity index (χ4v) is 2.35. The van der Waals surface area contributed by atoms with Crippen molar-refractivity contribution in [2.45, 2.75) is 25.8 Å². The van der Waals surface area contributed by atoms with E-state index in [0.717, 1.165) is 31.6 Å². The normalized spacial score (nSPS) is 16.6. The zero-order valence-electron chi connectivity index (χ0n) is 10.8. The van der Waals surface area contributed by atoms with Gasteiger partial charge in [-0.3, -0.25) is 10.1 Å². The van der Waals surface area contributed by atoms with Gasteiger partial charge in [-0.1, -0.05) is 6.07 Å². The van der Waals surface area contributed by atoms with Crippen LogP contribution in [-0.4, -0.2) is 31.2 Å². The van der Waals surface area contributed by atoms with E-state index in [4.69, 9.17) is 4.74 Å². The first-order valence-corrected chi connectivity index (χ1v) is 6.15. The lowest BCUT2D eigenvalue weighted by molar-refractivity contribution is -0.384. The predicted molar refractivity (Wildman–Crippen MR) is 70.1 cm³/mol. The van der Waals surface area contributed by atoms with Gasteiger partial charge in [0.1, 0.15) is 5.69 Å². The van der Waals surface area contributed by atoms with Gasteiger partial charge in [0, 0.05) is 32.4 Å². The van der Waals surface area contributed by atoms with E-state index in [-0.39, 0.29) is 10.6 Å². The topological polar surface area (TPSA) is 55.6 Å². The SMILES string of the molecule is Cc1ccc(N(C)C2CCOCC2)c([N+](=O)[O-])c1. The Kier molecular flexibility index (Phi) is 3.81. The lowest BCUT2D eigenvalue weighted by Crippen LogP contribution is -2.36. The summed E-state index contributed by atoms with van der Waals surface area (Å²) in [6, 6.07) is 5.70. The van der Waals surface area contributed by atoms with E-state index in [9.17, 15) is 10.1 Å². The minimum atomic E-state index is -0.307. The monoisotopic (exact) mass is 250 g/mol. The third-order valence-electron chi connectivity index (χ3n) is 3.45. The number of rotatable bonds is 3. The zero-order valence-corrected chi connectivity index (χ0v) is 10.8. The second-order valence-electron chi connectivity index (χ2n) is 4.70. The Bertz CT molecular complexity index is 442. The molecule has 5 heteroatoms. The van der Waals surface area contributed by atoms with E-state index in [0.29, 0.717) is 11.7 Å². The van der Waals surface area contributed by atoms with Crippen LogP contribution in [0.25, 0.3) is 0 Å². The second kappa shape index (κ2) is 5.35. The second-order valence-corrected chi connectivity index (χ2v) is 4.70. The van der Waals surface area contributed by atoms with Gasteiger partial charge in [-0.05, 0) is 31.4 Å². The molecule has 0 aromatic heterocycles. The lowest BCUT2D eigenvalue weighted by atomic mass is 10.1. The largest absolute Gasteiger partial charge is 0.381 e. The number of anilines is 1. The molecule has 1 fully saturated rings. The van der Waals surface area contributed by atoms with Gasteiger partial charge in [-0.25, -0.2) is 0 Å². The van der Waals surface area contributed by atoms with Gasteiger partial charge in [0.05, 0.1) is 4.92 Å². The summed E-state index contributed by atoms with van der Waals surface area (Å²) < 4.78 is 5.32. The van der Waals surface area contributed by atoms with E-state index < -0.39 is 0 Å². The smallest absolute Gasteiger partial charge is 0.292 e. The summed E-state index contributed by atoms with van der Waals surface area (Å²) in [6.07, 6.45) is 1.84. The number of ether oxygens (including phenoxy) is 1. The van der Waals surface area contributed by atoms with Crippen LogP contribution in [0.15, 0.2) is 18.2 Å². The summed E-state index contributed by atoms with van der Waals surface area (Å²) in [5.74, 6) is 0. The Hall–Kier alpha value is -1.62. The average Bonchev–Trinajstić information content (AvgIpc) is 2.39. The number of benzene rings is 1. The molecule has 18 heavy (non-hydrogen) atoms. The molecular formula is C13H18N2O3. The van der Waals surface area contributed by atoms with Gasteiger partial charge in [0.15, 0.2) is 0 Å². The summed E-state index contributed by atoms with van der Waals surface area (Å²) in [5.41, 5.74) is 1.78.